The van der Waals surface area contributed by atoms with Crippen LogP contribution in [0.25, 0.3) is 0 Å². The van der Waals surface area contributed by atoms with Gasteiger partial charge in [-0.05, 0) is 11.8 Å². The molecule has 0 saturated heterocycles. The van der Waals surface area contributed by atoms with Crippen molar-refractivity contribution in [2.75, 3.05) is 0 Å². The van der Waals surface area contributed by atoms with Crippen molar-refractivity contribution in [3.05, 3.63) is 0 Å². The lowest BCUT2D eigenvalue weighted by Crippen LogP contribution is -1.95. The maximum atomic E-state index is 2.41. The first-order valence-corrected chi connectivity index (χ1v) is 6.66. The normalized spacial score (nSPS) is 13.5. The second-order valence-electron chi connectivity index (χ2n) is 5.28. The Labute approximate surface area is 91.5 Å². The van der Waals surface area contributed by atoms with Crippen molar-refractivity contribution in [3.8, 4) is 0 Å². The minimum atomic E-state index is 0.896. The minimum Gasteiger partial charge on any atom is -0.0654 e. The molecule has 86 valence electrons. The van der Waals surface area contributed by atoms with Gasteiger partial charge < -0.3 is 0 Å². The molecule has 0 aromatic rings. The topological polar surface area (TPSA) is 0 Å². The van der Waals surface area contributed by atoms with Crippen molar-refractivity contribution < 1.29 is 0 Å². The first-order chi connectivity index (χ1) is 6.66. The van der Waals surface area contributed by atoms with Crippen molar-refractivity contribution >= 4 is 0 Å². The quantitative estimate of drug-likeness (QED) is 0.434. The van der Waals surface area contributed by atoms with Crippen molar-refractivity contribution in [1.29, 1.82) is 0 Å². The third-order valence-electron chi connectivity index (χ3n) is 3.03. The lowest BCUT2D eigenvalue weighted by molar-refractivity contribution is 0.434. The molecule has 0 heteroatoms. The van der Waals surface area contributed by atoms with Gasteiger partial charge in [-0.15, -0.1) is 0 Å². The van der Waals surface area contributed by atoms with Gasteiger partial charge in [-0.2, -0.15) is 0 Å². The van der Waals surface area contributed by atoms with Crippen LogP contribution in [-0.2, 0) is 0 Å². The largest absolute Gasteiger partial charge is 0.0654 e. The van der Waals surface area contributed by atoms with Crippen LogP contribution in [0.1, 0.15) is 79.1 Å². The molecule has 1 atom stereocenters. The summed E-state index contributed by atoms with van der Waals surface area (Å²) < 4.78 is 0. The van der Waals surface area contributed by atoms with Crippen molar-refractivity contribution in [3.63, 3.8) is 0 Å². The summed E-state index contributed by atoms with van der Waals surface area (Å²) in [5, 5.41) is 0. The Bertz CT molecular complexity index is 105. The van der Waals surface area contributed by atoms with Gasteiger partial charge in [0.1, 0.15) is 0 Å². The fraction of sp³-hybridized carbons (Fsp3) is 1.00. The van der Waals surface area contributed by atoms with Crippen molar-refractivity contribution in [1.82, 2.24) is 0 Å². The SMILES string of the molecule is CCCCC(C)CCCCCC(C)C. The highest BCUT2D eigenvalue weighted by atomic mass is 14.1. The summed E-state index contributed by atoms with van der Waals surface area (Å²) in [5.41, 5.74) is 0. The number of hydrogen-bond acceptors (Lipinski definition) is 0. The highest BCUT2D eigenvalue weighted by Gasteiger charge is 2.01. The molecule has 0 aliphatic heterocycles. The van der Waals surface area contributed by atoms with Gasteiger partial charge in [0, 0.05) is 0 Å². The fourth-order valence-electron chi connectivity index (χ4n) is 1.92. The maximum Gasteiger partial charge on any atom is -0.0443 e. The van der Waals surface area contributed by atoms with Gasteiger partial charge in [0.05, 0.1) is 0 Å². The molecule has 0 bridgehead atoms. The van der Waals surface area contributed by atoms with Gasteiger partial charge in [-0.1, -0.05) is 79.1 Å². The zero-order valence-corrected chi connectivity index (χ0v) is 10.8. The van der Waals surface area contributed by atoms with Crippen LogP contribution in [0.2, 0.25) is 0 Å². The molecule has 0 amide bonds. The average Bonchev–Trinajstić information content (AvgIpc) is 2.13. The van der Waals surface area contributed by atoms with Crippen LogP contribution >= 0.6 is 0 Å². The molecule has 0 spiro atoms. The minimum absolute atomic E-state index is 0.896. The van der Waals surface area contributed by atoms with Gasteiger partial charge in [0.15, 0.2) is 0 Å². The zero-order valence-electron chi connectivity index (χ0n) is 10.8. The summed E-state index contributed by atoms with van der Waals surface area (Å²) in [6, 6.07) is 0. The number of hydrogen-bond donors (Lipinski definition) is 0. The molecule has 0 fully saturated rings. The summed E-state index contributed by atoms with van der Waals surface area (Å²) in [6.45, 7) is 9.35. The van der Waals surface area contributed by atoms with E-state index in [1.807, 2.05) is 0 Å². The highest BCUT2D eigenvalue weighted by Crippen LogP contribution is 2.17. The molecule has 0 saturated carbocycles. The third kappa shape index (κ3) is 10.1. The Kier molecular flexibility index (Phi) is 9.55. The Morgan fingerprint density at radius 3 is 1.86 bits per heavy atom. The van der Waals surface area contributed by atoms with E-state index >= 15 is 0 Å². The summed E-state index contributed by atoms with van der Waals surface area (Å²) in [5.74, 6) is 1.86. The van der Waals surface area contributed by atoms with Gasteiger partial charge in [-0.25, -0.2) is 0 Å². The van der Waals surface area contributed by atoms with Crippen LogP contribution < -0.4 is 0 Å². The molecule has 14 heavy (non-hydrogen) atoms. The van der Waals surface area contributed by atoms with Crippen molar-refractivity contribution in [2.45, 2.75) is 79.1 Å². The van der Waals surface area contributed by atoms with Gasteiger partial charge in [0.25, 0.3) is 0 Å². The highest BCUT2D eigenvalue weighted by molar-refractivity contribution is 4.54. The second kappa shape index (κ2) is 9.55. The Balaban J connectivity index is 3.10. The maximum absolute atomic E-state index is 2.41. The van der Waals surface area contributed by atoms with Crippen LogP contribution in [-0.4, -0.2) is 0 Å². The van der Waals surface area contributed by atoms with Gasteiger partial charge in [0.2, 0.25) is 0 Å². The van der Waals surface area contributed by atoms with Crippen LogP contribution in [0.4, 0.5) is 0 Å². The monoisotopic (exact) mass is 198 g/mol. The first-order valence-electron chi connectivity index (χ1n) is 6.66. The van der Waals surface area contributed by atoms with E-state index in [1.54, 1.807) is 0 Å². The standard InChI is InChI=1S/C14H30/c1-5-6-11-14(4)12-9-7-8-10-13(2)3/h13-14H,5-12H2,1-4H3. The molecule has 0 aromatic heterocycles. The first kappa shape index (κ1) is 14.0. The molecule has 0 aliphatic rings. The molecular weight excluding hydrogens is 168 g/mol. The Hall–Kier alpha value is 0. The fourth-order valence-corrected chi connectivity index (χ4v) is 1.92. The van der Waals surface area contributed by atoms with E-state index in [1.165, 1.54) is 51.4 Å². The van der Waals surface area contributed by atoms with E-state index in [9.17, 15) is 0 Å². The third-order valence-corrected chi connectivity index (χ3v) is 3.03. The van der Waals surface area contributed by atoms with E-state index in [0.29, 0.717) is 0 Å². The van der Waals surface area contributed by atoms with Gasteiger partial charge >= 0.3 is 0 Å². The Morgan fingerprint density at radius 2 is 1.29 bits per heavy atom. The molecule has 0 aliphatic carbocycles. The lowest BCUT2D eigenvalue weighted by atomic mass is 9.96. The zero-order chi connectivity index (χ0) is 10.8. The van der Waals surface area contributed by atoms with E-state index in [0.717, 1.165) is 11.8 Å². The molecule has 0 N–H and O–H groups in total. The summed E-state index contributed by atoms with van der Waals surface area (Å²) >= 11 is 0. The molecular formula is C14H30. The smallest absolute Gasteiger partial charge is 0.0443 e. The molecule has 0 rings (SSSR count). The number of rotatable bonds is 9. The molecule has 0 nitrogen and oxygen atoms in total. The van der Waals surface area contributed by atoms with E-state index in [-0.39, 0.29) is 0 Å². The number of unbranched alkanes of at least 4 members (excludes halogenated alkanes) is 3. The van der Waals surface area contributed by atoms with E-state index in [4.69, 9.17) is 0 Å². The average molecular weight is 198 g/mol. The van der Waals surface area contributed by atoms with Crippen LogP contribution in [0, 0.1) is 11.8 Å². The van der Waals surface area contributed by atoms with Crippen LogP contribution in [0.5, 0.6) is 0 Å². The van der Waals surface area contributed by atoms with Crippen LogP contribution in [0.3, 0.4) is 0 Å². The van der Waals surface area contributed by atoms with E-state index in [2.05, 4.69) is 27.7 Å². The predicted octanol–water partition coefficient (Wildman–Crippen LogP) is 5.42. The molecule has 0 heterocycles. The summed E-state index contributed by atoms with van der Waals surface area (Å²) in [7, 11) is 0. The molecule has 1 unspecified atom stereocenters. The summed E-state index contributed by atoms with van der Waals surface area (Å²) in [4.78, 5) is 0. The lowest BCUT2D eigenvalue weighted by Gasteiger charge is -2.10. The Morgan fingerprint density at radius 1 is 0.714 bits per heavy atom. The molecule has 0 aromatic carbocycles. The second-order valence-corrected chi connectivity index (χ2v) is 5.28. The van der Waals surface area contributed by atoms with Crippen LogP contribution in [0.15, 0.2) is 0 Å². The summed E-state index contributed by atoms with van der Waals surface area (Å²) in [6.07, 6.45) is 11.5. The predicted molar refractivity (Wildman–Crippen MR) is 66.6 cm³/mol. The van der Waals surface area contributed by atoms with Crippen molar-refractivity contribution in [2.24, 2.45) is 11.8 Å². The van der Waals surface area contributed by atoms with Gasteiger partial charge in [-0.3, -0.25) is 0 Å². The van der Waals surface area contributed by atoms with E-state index < -0.39 is 0 Å². The molecule has 0 radical (unpaired) electrons.